The molecular formula is C16H12N2O3. The van der Waals surface area contributed by atoms with Gasteiger partial charge in [-0.3, -0.25) is 4.98 Å². The molecule has 0 saturated carbocycles. The number of rotatable bonds is 2. The van der Waals surface area contributed by atoms with Gasteiger partial charge in [-0.05, 0) is 17.2 Å². The van der Waals surface area contributed by atoms with E-state index in [9.17, 15) is 9.90 Å². The van der Waals surface area contributed by atoms with Crippen LogP contribution in [0.5, 0.6) is 5.75 Å². The van der Waals surface area contributed by atoms with E-state index in [4.69, 9.17) is 0 Å². The van der Waals surface area contributed by atoms with Crippen molar-refractivity contribution in [2.24, 2.45) is 0 Å². The van der Waals surface area contributed by atoms with Crippen LogP contribution in [0.2, 0.25) is 0 Å². The van der Waals surface area contributed by atoms with Gasteiger partial charge in [-0.25, -0.2) is 9.78 Å². The van der Waals surface area contributed by atoms with Crippen LogP contribution in [0.4, 0.5) is 0 Å². The number of esters is 1. The molecule has 5 heteroatoms. The van der Waals surface area contributed by atoms with Gasteiger partial charge < -0.3 is 9.84 Å². The Morgan fingerprint density at radius 2 is 1.90 bits per heavy atom. The van der Waals surface area contributed by atoms with Crippen molar-refractivity contribution >= 4 is 16.9 Å². The molecule has 1 N–H and O–H groups in total. The van der Waals surface area contributed by atoms with Gasteiger partial charge in [0.1, 0.15) is 5.52 Å². The van der Waals surface area contributed by atoms with E-state index in [1.165, 1.54) is 13.3 Å². The van der Waals surface area contributed by atoms with Gasteiger partial charge in [0.05, 0.1) is 7.11 Å². The van der Waals surface area contributed by atoms with Crippen molar-refractivity contribution in [1.29, 1.82) is 0 Å². The summed E-state index contributed by atoms with van der Waals surface area (Å²) < 4.78 is 4.59. The molecule has 0 fully saturated rings. The lowest BCUT2D eigenvalue weighted by atomic mass is 10.0. The van der Waals surface area contributed by atoms with E-state index in [0.29, 0.717) is 10.9 Å². The fraction of sp³-hybridized carbons (Fsp3) is 0.0625. The summed E-state index contributed by atoms with van der Waals surface area (Å²) in [6, 6.07) is 11.5. The molecule has 2 aromatic heterocycles. The van der Waals surface area contributed by atoms with E-state index < -0.39 is 5.97 Å². The molecule has 0 aliphatic carbocycles. The predicted octanol–water partition coefficient (Wildman–Crippen LogP) is 2.79. The Kier molecular flexibility index (Phi) is 3.23. The molecule has 0 aliphatic rings. The highest BCUT2D eigenvalue weighted by Gasteiger charge is 2.18. The minimum absolute atomic E-state index is 0.136. The molecule has 21 heavy (non-hydrogen) atoms. The summed E-state index contributed by atoms with van der Waals surface area (Å²) in [4.78, 5) is 19.7. The van der Waals surface area contributed by atoms with Crippen molar-refractivity contribution in [3.8, 4) is 16.9 Å². The zero-order valence-corrected chi connectivity index (χ0v) is 11.3. The van der Waals surface area contributed by atoms with Gasteiger partial charge >= 0.3 is 5.97 Å². The number of carbonyl (C=O) groups is 1. The maximum absolute atomic E-state index is 11.6. The highest BCUT2D eigenvalue weighted by molar-refractivity contribution is 6.02. The van der Waals surface area contributed by atoms with Gasteiger partial charge in [-0.2, -0.15) is 0 Å². The first-order chi connectivity index (χ1) is 10.2. The third-order valence-electron chi connectivity index (χ3n) is 3.23. The number of benzene rings is 1. The Labute approximate surface area is 120 Å². The molecule has 0 atom stereocenters. The third-order valence-corrected chi connectivity index (χ3v) is 3.23. The third kappa shape index (κ3) is 2.18. The molecule has 0 radical (unpaired) electrons. The van der Waals surface area contributed by atoms with Crippen LogP contribution in [0.25, 0.3) is 22.0 Å². The largest absolute Gasteiger partial charge is 0.504 e. The molecule has 0 aliphatic heterocycles. The number of hydrogen-bond acceptors (Lipinski definition) is 5. The summed E-state index contributed by atoms with van der Waals surface area (Å²) in [6.07, 6.45) is 3.11. The molecule has 0 spiro atoms. The molecule has 3 rings (SSSR count). The van der Waals surface area contributed by atoms with E-state index >= 15 is 0 Å². The summed E-state index contributed by atoms with van der Waals surface area (Å²) in [5.74, 6) is -0.960. The number of aromatic nitrogens is 2. The number of nitrogens with zero attached hydrogens (tertiary/aromatic N) is 2. The average molecular weight is 280 g/mol. The summed E-state index contributed by atoms with van der Waals surface area (Å²) >= 11 is 0. The molecule has 1 aromatic carbocycles. The molecule has 0 bridgehead atoms. The van der Waals surface area contributed by atoms with Crippen molar-refractivity contribution in [3.05, 3.63) is 54.5 Å². The van der Waals surface area contributed by atoms with Crippen molar-refractivity contribution in [2.75, 3.05) is 7.11 Å². The smallest absolute Gasteiger partial charge is 0.360 e. The Morgan fingerprint density at radius 3 is 2.62 bits per heavy atom. The molecule has 0 unspecified atom stereocenters. The Balaban J connectivity index is 2.27. The summed E-state index contributed by atoms with van der Waals surface area (Å²) in [5, 5.41) is 10.9. The van der Waals surface area contributed by atoms with E-state index in [1.807, 2.05) is 36.4 Å². The fourth-order valence-electron chi connectivity index (χ4n) is 2.21. The summed E-state index contributed by atoms with van der Waals surface area (Å²) in [5.41, 5.74) is 2.06. The van der Waals surface area contributed by atoms with Crippen molar-refractivity contribution < 1.29 is 14.6 Å². The first kappa shape index (κ1) is 13.1. The van der Waals surface area contributed by atoms with Crippen LogP contribution in [0, 0.1) is 0 Å². The van der Waals surface area contributed by atoms with Gasteiger partial charge in [0.15, 0.2) is 11.4 Å². The van der Waals surface area contributed by atoms with E-state index in [0.717, 1.165) is 11.1 Å². The molecule has 104 valence electrons. The SMILES string of the molecule is COC(=O)c1ncc2c(-c3ccccc3)ccnc2c1O. The average Bonchev–Trinajstić information content (AvgIpc) is 2.55. The lowest BCUT2D eigenvalue weighted by molar-refractivity contribution is 0.0591. The Hall–Kier alpha value is -2.95. The van der Waals surface area contributed by atoms with Crippen LogP contribution in [0.1, 0.15) is 10.5 Å². The minimum atomic E-state index is -0.693. The number of carbonyl (C=O) groups excluding carboxylic acids is 1. The van der Waals surface area contributed by atoms with Crippen LogP contribution in [-0.2, 0) is 4.74 Å². The topological polar surface area (TPSA) is 72.3 Å². The first-order valence-electron chi connectivity index (χ1n) is 6.33. The van der Waals surface area contributed by atoms with Crippen molar-refractivity contribution in [3.63, 3.8) is 0 Å². The zero-order valence-electron chi connectivity index (χ0n) is 11.3. The Bertz CT molecular complexity index is 816. The molecule has 3 aromatic rings. The normalized spacial score (nSPS) is 10.5. The monoisotopic (exact) mass is 280 g/mol. The number of methoxy groups -OCH3 is 1. The van der Waals surface area contributed by atoms with Crippen LogP contribution in [0.3, 0.4) is 0 Å². The maximum Gasteiger partial charge on any atom is 0.360 e. The first-order valence-corrected chi connectivity index (χ1v) is 6.33. The van der Waals surface area contributed by atoms with Crippen molar-refractivity contribution in [1.82, 2.24) is 9.97 Å². The second kappa shape index (κ2) is 5.20. The standard InChI is InChI=1S/C16H12N2O3/c1-21-16(20)14-15(19)13-12(9-18-14)11(7-8-17-13)10-5-3-2-4-6-10/h2-9,19H,1H3. The number of aromatic hydroxyl groups is 1. The highest BCUT2D eigenvalue weighted by atomic mass is 16.5. The van der Waals surface area contributed by atoms with E-state index in [2.05, 4.69) is 14.7 Å². The number of fused-ring (bicyclic) bond motifs is 1. The lowest BCUT2D eigenvalue weighted by Crippen LogP contribution is -2.05. The minimum Gasteiger partial charge on any atom is -0.504 e. The van der Waals surface area contributed by atoms with Gasteiger partial charge in [0.25, 0.3) is 0 Å². The van der Waals surface area contributed by atoms with Gasteiger partial charge in [-0.15, -0.1) is 0 Å². The quantitative estimate of drug-likeness (QED) is 0.731. The molecular weight excluding hydrogens is 268 g/mol. The van der Waals surface area contributed by atoms with E-state index in [1.54, 1.807) is 6.20 Å². The van der Waals surface area contributed by atoms with Gasteiger partial charge in [0, 0.05) is 17.8 Å². The summed E-state index contributed by atoms with van der Waals surface area (Å²) in [7, 11) is 1.24. The highest BCUT2D eigenvalue weighted by Crippen LogP contribution is 2.32. The van der Waals surface area contributed by atoms with Crippen LogP contribution in [0.15, 0.2) is 48.8 Å². The van der Waals surface area contributed by atoms with E-state index in [-0.39, 0.29) is 11.4 Å². The van der Waals surface area contributed by atoms with Crippen LogP contribution < -0.4 is 0 Å². The zero-order chi connectivity index (χ0) is 14.8. The van der Waals surface area contributed by atoms with Crippen LogP contribution >= 0.6 is 0 Å². The summed E-state index contributed by atoms with van der Waals surface area (Å²) in [6.45, 7) is 0. The second-order valence-corrected chi connectivity index (χ2v) is 4.43. The predicted molar refractivity (Wildman–Crippen MR) is 78.0 cm³/mol. The lowest BCUT2D eigenvalue weighted by Gasteiger charge is -2.09. The van der Waals surface area contributed by atoms with Gasteiger partial charge in [0.2, 0.25) is 0 Å². The number of ether oxygens (including phenoxy) is 1. The fourth-order valence-corrected chi connectivity index (χ4v) is 2.21. The Morgan fingerprint density at radius 1 is 1.14 bits per heavy atom. The number of hydrogen-bond donors (Lipinski definition) is 1. The van der Waals surface area contributed by atoms with Crippen molar-refractivity contribution in [2.45, 2.75) is 0 Å². The maximum atomic E-state index is 11.6. The number of pyridine rings is 2. The van der Waals surface area contributed by atoms with Gasteiger partial charge in [-0.1, -0.05) is 30.3 Å². The molecule has 2 heterocycles. The van der Waals surface area contributed by atoms with Crippen LogP contribution in [-0.4, -0.2) is 28.2 Å². The molecule has 0 amide bonds. The second-order valence-electron chi connectivity index (χ2n) is 4.43. The molecule has 0 saturated heterocycles. The molecule has 5 nitrogen and oxygen atoms in total.